The summed E-state index contributed by atoms with van der Waals surface area (Å²) in [5.41, 5.74) is 0.0984. The Kier molecular flexibility index (Phi) is 2.70. The molecule has 1 atom stereocenters. The Morgan fingerprint density at radius 2 is 1.88 bits per heavy atom. The molecule has 2 rings (SSSR count). The second kappa shape index (κ2) is 3.77. The molecular weight excluding hydrogens is 200 g/mol. The lowest BCUT2D eigenvalue weighted by Crippen LogP contribution is -2.37. The summed E-state index contributed by atoms with van der Waals surface area (Å²) in [6.07, 6.45) is 2.95. The Hall–Kier alpha value is -1.02. The summed E-state index contributed by atoms with van der Waals surface area (Å²) in [5, 5.41) is 10.9. The molecular formula is C14H20O2. The summed E-state index contributed by atoms with van der Waals surface area (Å²) >= 11 is 0. The van der Waals surface area contributed by atoms with Crippen LogP contribution in [0, 0.1) is 5.41 Å². The predicted molar refractivity (Wildman–Crippen MR) is 64.5 cm³/mol. The van der Waals surface area contributed by atoms with E-state index in [1.165, 1.54) is 0 Å². The molecule has 0 aromatic heterocycles. The second-order valence-corrected chi connectivity index (χ2v) is 5.30. The number of ether oxygens (including phenoxy) is 1. The maximum Gasteiger partial charge on any atom is 0.124 e. The van der Waals surface area contributed by atoms with Gasteiger partial charge in [0.2, 0.25) is 0 Å². The van der Waals surface area contributed by atoms with Gasteiger partial charge in [0.15, 0.2) is 0 Å². The summed E-state index contributed by atoms with van der Waals surface area (Å²) in [6, 6.07) is 7.80. The molecule has 16 heavy (non-hydrogen) atoms. The van der Waals surface area contributed by atoms with Crippen LogP contribution in [0.15, 0.2) is 24.3 Å². The molecule has 2 heteroatoms. The molecule has 0 amide bonds. The third-order valence-electron chi connectivity index (χ3n) is 4.01. The van der Waals surface area contributed by atoms with Crippen LogP contribution in [0.1, 0.15) is 38.7 Å². The molecule has 1 N–H and O–H groups in total. The van der Waals surface area contributed by atoms with Crippen molar-refractivity contribution < 1.29 is 9.84 Å². The molecule has 1 unspecified atom stereocenters. The molecule has 1 aliphatic carbocycles. The number of hydrogen-bond donors (Lipinski definition) is 1. The molecule has 2 nitrogen and oxygen atoms in total. The van der Waals surface area contributed by atoms with Crippen LogP contribution in [0.25, 0.3) is 0 Å². The van der Waals surface area contributed by atoms with Gasteiger partial charge in [0, 0.05) is 5.56 Å². The third-order valence-corrected chi connectivity index (χ3v) is 4.01. The summed E-state index contributed by atoms with van der Waals surface area (Å²) in [4.78, 5) is 0. The molecule has 1 fully saturated rings. The van der Waals surface area contributed by atoms with Crippen LogP contribution in [-0.2, 0) is 5.60 Å². The molecule has 0 bridgehead atoms. The highest BCUT2D eigenvalue weighted by atomic mass is 16.5. The van der Waals surface area contributed by atoms with E-state index in [-0.39, 0.29) is 5.41 Å². The Morgan fingerprint density at radius 3 is 2.44 bits per heavy atom. The minimum Gasteiger partial charge on any atom is -0.496 e. The Bertz CT molecular complexity index is 384. The molecule has 1 aromatic rings. The molecule has 1 saturated carbocycles. The lowest BCUT2D eigenvalue weighted by molar-refractivity contribution is -0.0500. The first-order chi connectivity index (χ1) is 7.51. The third kappa shape index (κ3) is 1.52. The fraction of sp³-hybridized carbons (Fsp3) is 0.571. The summed E-state index contributed by atoms with van der Waals surface area (Å²) < 4.78 is 5.36. The van der Waals surface area contributed by atoms with Crippen LogP contribution in [-0.4, -0.2) is 12.2 Å². The van der Waals surface area contributed by atoms with Gasteiger partial charge in [0.05, 0.1) is 12.7 Å². The van der Waals surface area contributed by atoms with E-state index in [9.17, 15) is 5.11 Å². The predicted octanol–water partition coefficient (Wildman–Crippen LogP) is 3.09. The average Bonchev–Trinajstić information content (AvgIpc) is 2.54. The minimum absolute atomic E-state index is 0.0817. The van der Waals surface area contributed by atoms with Gasteiger partial charge in [-0.25, -0.2) is 0 Å². The van der Waals surface area contributed by atoms with Gasteiger partial charge >= 0.3 is 0 Å². The Morgan fingerprint density at radius 1 is 1.19 bits per heavy atom. The first kappa shape index (κ1) is 11.5. The average molecular weight is 220 g/mol. The van der Waals surface area contributed by atoms with Gasteiger partial charge in [0.1, 0.15) is 5.75 Å². The fourth-order valence-corrected chi connectivity index (χ4v) is 2.82. The van der Waals surface area contributed by atoms with Crippen LogP contribution in [0.4, 0.5) is 0 Å². The molecule has 0 spiro atoms. The van der Waals surface area contributed by atoms with Gasteiger partial charge in [-0.15, -0.1) is 0 Å². The van der Waals surface area contributed by atoms with E-state index in [4.69, 9.17) is 4.74 Å². The zero-order chi connectivity index (χ0) is 11.8. The van der Waals surface area contributed by atoms with Gasteiger partial charge in [-0.2, -0.15) is 0 Å². The minimum atomic E-state index is -0.750. The van der Waals surface area contributed by atoms with Gasteiger partial charge in [-0.1, -0.05) is 32.0 Å². The van der Waals surface area contributed by atoms with E-state index in [1.807, 2.05) is 24.3 Å². The van der Waals surface area contributed by atoms with E-state index < -0.39 is 5.60 Å². The number of benzene rings is 1. The largest absolute Gasteiger partial charge is 0.496 e. The first-order valence-corrected chi connectivity index (χ1v) is 5.87. The van der Waals surface area contributed by atoms with Gasteiger partial charge in [-0.05, 0) is 30.7 Å². The van der Waals surface area contributed by atoms with Crippen molar-refractivity contribution in [3.63, 3.8) is 0 Å². The van der Waals surface area contributed by atoms with Gasteiger partial charge < -0.3 is 9.84 Å². The lowest BCUT2D eigenvalue weighted by Gasteiger charge is -2.38. The van der Waals surface area contributed by atoms with Crippen molar-refractivity contribution in [1.82, 2.24) is 0 Å². The standard InChI is InChI=1S/C14H20O2/c1-13(2)9-6-10-14(13,15)11-7-4-5-8-12(11)16-3/h4-5,7-8,15H,6,9-10H2,1-3H3. The summed E-state index contributed by atoms with van der Waals surface area (Å²) in [7, 11) is 1.66. The molecule has 0 saturated heterocycles. The van der Waals surface area contributed by atoms with Crippen LogP contribution < -0.4 is 4.74 Å². The van der Waals surface area contributed by atoms with E-state index in [1.54, 1.807) is 7.11 Å². The van der Waals surface area contributed by atoms with E-state index in [0.29, 0.717) is 0 Å². The van der Waals surface area contributed by atoms with Crippen LogP contribution in [0.2, 0.25) is 0 Å². The van der Waals surface area contributed by atoms with Crippen molar-refractivity contribution >= 4 is 0 Å². The van der Waals surface area contributed by atoms with Crippen molar-refractivity contribution in [3.05, 3.63) is 29.8 Å². The Labute approximate surface area is 97.3 Å². The van der Waals surface area contributed by atoms with E-state index in [2.05, 4.69) is 13.8 Å². The second-order valence-electron chi connectivity index (χ2n) is 5.30. The summed E-state index contributed by atoms with van der Waals surface area (Å²) in [5.74, 6) is 0.792. The van der Waals surface area contributed by atoms with Crippen LogP contribution in [0.5, 0.6) is 5.75 Å². The molecule has 0 radical (unpaired) electrons. The van der Waals surface area contributed by atoms with Crippen LogP contribution >= 0.6 is 0 Å². The van der Waals surface area contributed by atoms with Crippen molar-refractivity contribution in [3.8, 4) is 5.75 Å². The molecule has 1 aliphatic rings. The Balaban J connectivity index is 2.50. The van der Waals surface area contributed by atoms with Crippen molar-refractivity contribution in [2.24, 2.45) is 5.41 Å². The first-order valence-electron chi connectivity index (χ1n) is 5.87. The van der Waals surface area contributed by atoms with E-state index >= 15 is 0 Å². The highest BCUT2D eigenvalue weighted by Gasteiger charge is 2.49. The smallest absolute Gasteiger partial charge is 0.124 e. The number of rotatable bonds is 2. The molecule has 0 aliphatic heterocycles. The molecule has 0 heterocycles. The van der Waals surface area contributed by atoms with Crippen molar-refractivity contribution in [2.75, 3.05) is 7.11 Å². The number of hydrogen-bond acceptors (Lipinski definition) is 2. The topological polar surface area (TPSA) is 29.5 Å². The highest BCUT2D eigenvalue weighted by molar-refractivity contribution is 5.40. The fourth-order valence-electron chi connectivity index (χ4n) is 2.82. The zero-order valence-electron chi connectivity index (χ0n) is 10.3. The number of methoxy groups -OCH3 is 1. The van der Waals surface area contributed by atoms with Gasteiger partial charge in [-0.3, -0.25) is 0 Å². The van der Waals surface area contributed by atoms with Crippen molar-refractivity contribution in [2.45, 2.75) is 38.7 Å². The molecule has 1 aromatic carbocycles. The maximum absolute atomic E-state index is 10.9. The SMILES string of the molecule is COc1ccccc1C1(O)CCCC1(C)C. The zero-order valence-corrected chi connectivity index (χ0v) is 10.3. The van der Waals surface area contributed by atoms with Crippen molar-refractivity contribution in [1.29, 1.82) is 0 Å². The number of para-hydroxylation sites is 1. The lowest BCUT2D eigenvalue weighted by atomic mass is 9.73. The van der Waals surface area contributed by atoms with Gasteiger partial charge in [0.25, 0.3) is 0 Å². The molecule has 88 valence electrons. The highest BCUT2D eigenvalue weighted by Crippen LogP contribution is 2.53. The quantitative estimate of drug-likeness (QED) is 0.830. The van der Waals surface area contributed by atoms with Crippen LogP contribution in [0.3, 0.4) is 0 Å². The normalized spacial score (nSPS) is 28.0. The monoisotopic (exact) mass is 220 g/mol. The maximum atomic E-state index is 10.9. The van der Waals surface area contributed by atoms with E-state index in [0.717, 1.165) is 30.6 Å². The number of aliphatic hydroxyl groups is 1. The summed E-state index contributed by atoms with van der Waals surface area (Å²) in [6.45, 7) is 4.26.